The van der Waals surface area contributed by atoms with Crippen molar-refractivity contribution in [2.75, 3.05) is 11.8 Å². The number of rotatable bonds is 5. The minimum Gasteiger partial charge on any atom is -0.490 e. The second-order valence-corrected chi connectivity index (χ2v) is 7.20. The molecule has 2 aromatic rings. The van der Waals surface area contributed by atoms with E-state index in [2.05, 4.69) is 20.7 Å². The number of ether oxygens (including phenoxy) is 1. The highest BCUT2D eigenvalue weighted by Gasteiger charge is 2.22. The zero-order valence-electron chi connectivity index (χ0n) is 12.2. The smallest absolute Gasteiger partial charge is 0.312 e. The average Bonchev–Trinajstić information content (AvgIpc) is 2.50. The number of aryl methyl sites for hydroxylation is 1. The van der Waals surface area contributed by atoms with Crippen LogP contribution in [0.25, 0.3) is 0 Å². The summed E-state index contributed by atoms with van der Waals surface area (Å²) in [4.78, 5) is 10.1. The number of halogens is 1. The van der Waals surface area contributed by atoms with E-state index in [-0.39, 0.29) is 10.6 Å². The van der Waals surface area contributed by atoms with Crippen LogP contribution in [0, 0.1) is 17.0 Å². The molecular weight excluding hydrogens is 388 g/mol. The number of hydrogen-bond acceptors (Lipinski definition) is 5. The highest BCUT2D eigenvalue weighted by Crippen LogP contribution is 2.30. The molecule has 122 valence electrons. The summed E-state index contributed by atoms with van der Waals surface area (Å²) in [6.45, 7) is 1.82. The number of methoxy groups -OCH3 is 1. The predicted octanol–water partition coefficient (Wildman–Crippen LogP) is 3.48. The molecule has 1 N–H and O–H groups in total. The average molecular weight is 401 g/mol. The Balaban J connectivity index is 2.41. The Kier molecular flexibility index (Phi) is 4.90. The Labute approximate surface area is 141 Å². The maximum atomic E-state index is 12.4. The molecule has 0 heterocycles. The van der Waals surface area contributed by atoms with Crippen molar-refractivity contribution in [3.05, 3.63) is 56.5 Å². The summed E-state index contributed by atoms with van der Waals surface area (Å²) in [7, 11) is -2.67. The van der Waals surface area contributed by atoms with Crippen molar-refractivity contribution in [3.63, 3.8) is 0 Å². The summed E-state index contributed by atoms with van der Waals surface area (Å²) in [6, 6.07) is 8.42. The van der Waals surface area contributed by atoms with Crippen LogP contribution in [-0.2, 0) is 10.0 Å². The second-order valence-electron chi connectivity index (χ2n) is 4.66. The Morgan fingerprint density at radius 2 is 1.91 bits per heavy atom. The molecule has 2 aromatic carbocycles. The number of nitro groups is 1. The fraction of sp³-hybridized carbons (Fsp3) is 0.143. The molecule has 0 atom stereocenters. The third-order valence-corrected chi connectivity index (χ3v) is 5.34. The zero-order valence-corrected chi connectivity index (χ0v) is 14.6. The summed E-state index contributed by atoms with van der Waals surface area (Å²) in [6.07, 6.45) is 0. The number of anilines is 1. The number of nitro benzene ring substituents is 1. The van der Waals surface area contributed by atoms with E-state index >= 15 is 0 Å². The van der Waals surface area contributed by atoms with Crippen LogP contribution in [0.15, 0.2) is 45.8 Å². The first-order valence-electron chi connectivity index (χ1n) is 6.36. The lowest BCUT2D eigenvalue weighted by Crippen LogP contribution is -2.13. The predicted molar refractivity (Wildman–Crippen MR) is 89.3 cm³/mol. The summed E-state index contributed by atoms with van der Waals surface area (Å²) < 4.78 is 32.9. The Bertz CT molecular complexity index is 867. The lowest BCUT2D eigenvalue weighted by molar-refractivity contribution is -0.386. The lowest BCUT2D eigenvalue weighted by Gasteiger charge is -2.10. The van der Waals surface area contributed by atoms with Gasteiger partial charge in [0.2, 0.25) is 0 Å². The normalized spacial score (nSPS) is 11.1. The first-order chi connectivity index (χ1) is 10.7. The van der Waals surface area contributed by atoms with E-state index in [1.165, 1.54) is 19.2 Å². The van der Waals surface area contributed by atoms with Crippen molar-refractivity contribution in [1.82, 2.24) is 0 Å². The fourth-order valence-electron chi connectivity index (χ4n) is 1.90. The Morgan fingerprint density at radius 3 is 2.48 bits per heavy atom. The molecule has 0 aromatic heterocycles. The SMILES string of the molecule is COc1ccc(S(=O)(=O)Nc2ccc(Br)c(C)c2)cc1[N+](=O)[O-]. The van der Waals surface area contributed by atoms with Crippen LogP contribution in [0.5, 0.6) is 5.75 Å². The van der Waals surface area contributed by atoms with Crippen molar-refractivity contribution >= 4 is 37.3 Å². The van der Waals surface area contributed by atoms with Crippen LogP contribution in [0.3, 0.4) is 0 Å². The minimum atomic E-state index is -3.95. The quantitative estimate of drug-likeness (QED) is 0.611. The van der Waals surface area contributed by atoms with E-state index in [9.17, 15) is 18.5 Å². The van der Waals surface area contributed by atoms with Crippen LogP contribution < -0.4 is 9.46 Å². The molecule has 0 spiro atoms. The van der Waals surface area contributed by atoms with E-state index in [0.717, 1.165) is 16.1 Å². The molecule has 2 rings (SSSR count). The van der Waals surface area contributed by atoms with Gasteiger partial charge in [0.15, 0.2) is 5.75 Å². The molecule has 23 heavy (non-hydrogen) atoms. The third-order valence-electron chi connectivity index (χ3n) is 3.07. The van der Waals surface area contributed by atoms with Gasteiger partial charge in [-0.05, 0) is 42.8 Å². The van der Waals surface area contributed by atoms with Gasteiger partial charge in [0, 0.05) is 16.2 Å². The fourth-order valence-corrected chi connectivity index (χ4v) is 3.22. The summed E-state index contributed by atoms with van der Waals surface area (Å²) in [5.74, 6) is -0.00608. The van der Waals surface area contributed by atoms with Crippen molar-refractivity contribution < 1.29 is 18.1 Å². The number of nitrogens with one attached hydrogen (secondary N) is 1. The largest absolute Gasteiger partial charge is 0.490 e. The van der Waals surface area contributed by atoms with E-state index in [0.29, 0.717) is 5.69 Å². The minimum absolute atomic E-state index is 0.00608. The molecule has 0 aliphatic carbocycles. The molecule has 0 fully saturated rings. The molecule has 7 nitrogen and oxygen atoms in total. The molecule has 9 heteroatoms. The van der Waals surface area contributed by atoms with Gasteiger partial charge in [0.25, 0.3) is 10.0 Å². The van der Waals surface area contributed by atoms with Gasteiger partial charge in [0.1, 0.15) is 0 Å². The maximum Gasteiger partial charge on any atom is 0.312 e. The van der Waals surface area contributed by atoms with Crippen LogP contribution in [0.4, 0.5) is 11.4 Å². The summed E-state index contributed by atoms with van der Waals surface area (Å²) in [5.41, 5.74) is 0.803. The molecule has 0 radical (unpaired) electrons. The maximum absolute atomic E-state index is 12.4. The Hall–Kier alpha value is -2.13. The van der Waals surface area contributed by atoms with Gasteiger partial charge in [0.05, 0.1) is 16.9 Å². The second kappa shape index (κ2) is 6.55. The highest BCUT2D eigenvalue weighted by molar-refractivity contribution is 9.10. The van der Waals surface area contributed by atoms with Crippen LogP contribution in [0.2, 0.25) is 0 Å². The molecule has 0 unspecified atom stereocenters. The number of nitrogens with zero attached hydrogens (tertiary/aromatic N) is 1. The highest BCUT2D eigenvalue weighted by atomic mass is 79.9. The van der Waals surface area contributed by atoms with Gasteiger partial charge in [-0.3, -0.25) is 14.8 Å². The van der Waals surface area contributed by atoms with E-state index in [4.69, 9.17) is 4.74 Å². The first-order valence-corrected chi connectivity index (χ1v) is 8.63. The molecule has 0 saturated heterocycles. The van der Waals surface area contributed by atoms with Gasteiger partial charge in [-0.2, -0.15) is 0 Å². The monoisotopic (exact) mass is 400 g/mol. The number of benzene rings is 2. The van der Waals surface area contributed by atoms with Crippen molar-refractivity contribution in [1.29, 1.82) is 0 Å². The Morgan fingerprint density at radius 1 is 1.22 bits per heavy atom. The standard InChI is InChI=1S/C14H13BrN2O5S/c1-9-7-10(3-5-12(9)15)16-23(20,21)11-4-6-14(22-2)13(8-11)17(18)19/h3-8,16H,1-2H3. The van der Waals surface area contributed by atoms with E-state index in [1.54, 1.807) is 18.2 Å². The summed E-state index contributed by atoms with van der Waals surface area (Å²) >= 11 is 3.33. The number of sulfonamides is 1. The molecule has 0 aliphatic rings. The van der Waals surface area contributed by atoms with Gasteiger partial charge in [-0.15, -0.1) is 0 Å². The third kappa shape index (κ3) is 3.80. The topological polar surface area (TPSA) is 98.5 Å². The molecule has 0 bridgehead atoms. The molecule has 0 saturated carbocycles. The van der Waals surface area contributed by atoms with Crippen LogP contribution in [-0.4, -0.2) is 20.5 Å². The van der Waals surface area contributed by atoms with Gasteiger partial charge >= 0.3 is 5.69 Å². The zero-order chi connectivity index (χ0) is 17.2. The van der Waals surface area contributed by atoms with Crippen LogP contribution in [0.1, 0.15) is 5.56 Å². The van der Waals surface area contributed by atoms with Crippen molar-refractivity contribution in [2.45, 2.75) is 11.8 Å². The first kappa shape index (κ1) is 17.2. The molecule has 0 aliphatic heterocycles. The van der Waals surface area contributed by atoms with Gasteiger partial charge < -0.3 is 4.74 Å². The van der Waals surface area contributed by atoms with Crippen molar-refractivity contribution in [2.24, 2.45) is 0 Å². The van der Waals surface area contributed by atoms with E-state index < -0.39 is 20.6 Å². The molecular formula is C14H13BrN2O5S. The molecule has 0 amide bonds. The van der Waals surface area contributed by atoms with Crippen LogP contribution >= 0.6 is 15.9 Å². The van der Waals surface area contributed by atoms with Gasteiger partial charge in [-0.1, -0.05) is 15.9 Å². The van der Waals surface area contributed by atoms with Gasteiger partial charge in [-0.25, -0.2) is 8.42 Å². The van der Waals surface area contributed by atoms with Crippen molar-refractivity contribution in [3.8, 4) is 5.75 Å². The lowest BCUT2D eigenvalue weighted by atomic mass is 10.2. The number of hydrogen-bond donors (Lipinski definition) is 1. The van der Waals surface area contributed by atoms with E-state index in [1.807, 2.05) is 6.92 Å². The summed E-state index contributed by atoms with van der Waals surface area (Å²) in [5, 5.41) is 11.0.